The van der Waals surface area contributed by atoms with Gasteiger partial charge in [-0.2, -0.15) is 0 Å². The van der Waals surface area contributed by atoms with Crippen LogP contribution in [0, 0.1) is 6.92 Å². The molecule has 1 aromatic carbocycles. The SMILES string of the molecule is CO/C=C(\Oc1cc(C2OCCO2)ccc1C)C(=O)OC. The monoisotopic (exact) mass is 294 g/mol. The van der Waals surface area contributed by atoms with Gasteiger partial charge in [-0.3, -0.25) is 0 Å². The minimum Gasteiger partial charge on any atom is -0.500 e. The van der Waals surface area contributed by atoms with E-state index in [2.05, 4.69) is 4.74 Å². The Kier molecular flexibility index (Phi) is 5.19. The smallest absolute Gasteiger partial charge is 0.377 e. The molecule has 1 aromatic rings. The van der Waals surface area contributed by atoms with Crippen LogP contribution in [0.1, 0.15) is 17.4 Å². The molecule has 1 saturated heterocycles. The fourth-order valence-corrected chi connectivity index (χ4v) is 1.86. The van der Waals surface area contributed by atoms with Gasteiger partial charge >= 0.3 is 5.97 Å². The highest BCUT2D eigenvalue weighted by Crippen LogP contribution is 2.29. The second-order valence-electron chi connectivity index (χ2n) is 4.41. The molecule has 21 heavy (non-hydrogen) atoms. The number of rotatable bonds is 5. The Morgan fingerprint density at radius 2 is 2.00 bits per heavy atom. The van der Waals surface area contributed by atoms with Crippen LogP contribution in [0.15, 0.2) is 30.2 Å². The van der Waals surface area contributed by atoms with Gasteiger partial charge in [0, 0.05) is 5.56 Å². The van der Waals surface area contributed by atoms with Crippen LogP contribution in [0.5, 0.6) is 5.75 Å². The number of esters is 1. The molecule has 0 radical (unpaired) electrons. The number of hydrogen-bond donors (Lipinski definition) is 0. The Morgan fingerprint density at radius 3 is 2.62 bits per heavy atom. The van der Waals surface area contributed by atoms with Gasteiger partial charge in [-0.05, 0) is 18.6 Å². The van der Waals surface area contributed by atoms with E-state index in [1.165, 1.54) is 20.5 Å². The lowest BCUT2D eigenvalue weighted by Crippen LogP contribution is -2.12. The highest BCUT2D eigenvalue weighted by Gasteiger charge is 2.20. The predicted molar refractivity (Wildman–Crippen MR) is 73.6 cm³/mol. The van der Waals surface area contributed by atoms with Crippen molar-refractivity contribution in [1.29, 1.82) is 0 Å². The van der Waals surface area contributed by atoms with Gasteiger partial charge in [-0.15, -0.1) is 0 Å². The van der Waals surface area contributed by atoms with E-state index in [0.717, 1.165) is 11.1 Å². The molecule has 0 bridgehead atoms. The lowest BCUT2D eigenvalue weighted by Gasteiger charge is -2.14. The molecule has 0 N–H and O–H groups in total. The maximum absolute atomic E-state index is 11.6. The van der Waals surface area contributed by atoms with E-state index >= 15 is 0 Å². The van der Waals surface area contributed by atoms with Gasteiger partial charge in [0.15, 0.2) is 6.29 Å². The van der Waals surface area contributed by atoms with Crippen LogP contribution < -0.4 is 4.74 Å². The molecule has 2 rings (SSSR count). The van der Waals surface area contributed by atoms with E-state index in [0.29, 0.717) is 19.0 Å². The van der Waals surface area contributed by atoms with Crippen molar-refractivity contribution >= 4 is 5.97 Å². The predicted octanol–water partition coefficient (Wildman–Crippen LogP) is 2.08. The summed E-state index contributed by atoms with van der Waals surface area (Å²) in [6, 6.07) is 5.55. The van der Waals surface area contributed by atoms with Gasteiger partial charge in [-0.25, -0.2) is 4.79 Å². The number of carbonyl (C=O) groups is 1. The highest BCUT2D eigenvalue weighted by molar-refractivity contribution is 5.86. The molecule has 114 valence electrons. The molecule has 0 aromatic heterocycles. The van der Waals surface area contributed by atoms with Crippen molar-refractivity contribution < 1.29 is 28.5 Å². The Balaban J connectivity index is 2.23. The van der Waals surface area contributed by atoms with Crippen LogP contribution >= 0.6 is 0 Å². The summed E-state index contributed by atoms with van der Waals surface area (Å²) in [4.78, 5) is 11.6. The third kappa shape index (κ3) is 3.74. The summed E-state index contributed by atoms with van der Waals surface area (Å²) >= 11 is 0. The molecule has 1 fully saturated rings. The van der Waals surface area contributed by atoms with E-state index in [1.54, 1.807) is 6.07 Å². The van der Waals surface area contributed by atoms with Gasteiger partial charge in [0.05, 0.1) is 27.4 Å². The standard InChI is InChI=1S/C15H18O6/c1-10-4-5-11(15-19-6-7-20-15)8-12(10)21-13(9-17-2)14(16)18-3/h4-5,8-9,15H,6-7H2,1-3H3/b13-9-. The summed E-state index contributed by atoms with van der Waals surface area (Å²) in [5, 5.41) is 0. The van der Waals surface area contributed by atoms with E-state index < -0.39 is 12.3 Å². The normalized spacial score (nSPS) is 15.9. The summed E-state index contributed by atoms with van der Waals surface area (Å²) in [5.41, 5.74) is 1.69. The maximum Gasteiger partial charge on any atom is 0.377 e. The number of carbonyl (C=O) groups excluding carboxylic acids is 1. The fraction of sp³-hybridized carbons (Fsp3) is 0.400. The molecular weight excluding hydrogens is 276 g/mol. The van der Waals surface area contributed by atoms with Crippen LogP contribution in [-0.4, -0.2) is 33.4 Å². The van der Waals surface area contributed by atoms with E-state index in [-0.39, 0.29) is 5.76 Å². The average Bonchev–Trinajstić information content (AvgIpc) is 3.02. The minimum atomic E-state index is -0.616. The molecule has 1 aliphatic heterocycles. The van der Waals surface area contributed by atoms with Gasteiger partial charge in [0.25, 0.3) is 0 Å². The quantitative estimate of drug-likeness (QED) is 0.471. The topological polar surface area (TPSA) is 63.2 Å². The molecule has 0 spiro atoms. The first-order chi connectivity index (χ1) is 10.2. The highest BCUT2D eigenvalue weighted by atomic mass is 16.7. The van der Waals surface area contributed by atoms with Crippen molar-refractivity contribution in [2.45, 2.75) is 13.2 Å². The van der Waals surface area contributed by atoms with Crippen LogP contribution in [0.2, 0.25) is 0 Å². The van der Waals surface area contributed by atoms with Crippen LogP contribution in [-0.2, 0) is 23.7 Å². The number of methoxy groups -OCH3 is 2. The van der Waals surface area contributed by atoms with Gasteiger partial charge in [0.1, 0.15) is 12.0 Å². The Bertz CT molecular complexity index is 531. The molecule has 0 amide bonds. The molecule has 6 nitrogen and oxygen atoms in total. The van der Waals surface area contributed by atoms with Gasteiger partial charge in [0.2, 0.25) is 5.76 Å². The first-order valence-electron chi connectivity index (χ1n) is 6.48. The van der Waals surface area contributed by atoms with Crippen molar-refractivity contribution in [3.8, 4) is 5.75 Å². The van der Waals surface area contributed by atoms with Crippen molar-refractivity contribution in [2.75, 3.05) is 27.4 Å². The van der Waals surface area contributed by atoms with E-state index in [9.17, 15) is 4.79 Å². The largest absolute Gasteiger partial charge is 0.500 e. The fourth-order valence-electron chi connectivity index (χ4n) is 1.86. The summed E-state index contributed by atoms with van der Waals surface area (Å²) in [6.07, 6.45) is 0.793. The number of hydrogen-bond acceptors (Lipinski definition) is 6. The summed E-state index contributed by atoms with van der Waals surface area (Å²) in [6.45, 7) is 2.99. The minimum absolute atomic E-state index is 0.0338. The lowest BCUT2D eigenvalue weighted by molar-refractivity contribution is -0.138. The summed E-state index contributed by atoms with van der Waals surface area (Å²) in [5.74, 6) is -0.135. The second kappa shape index (κ2) is 7.10. The zero-order chi connectivity index (χ0) is 15.2. The van der Waals surface area contributed by atoms with Crippen molar-refractivity contribution in [1.82, 2.24) is 0 Å². The molecule has 0 atom stereocenters. The second-order valence-corrected chi connectivity index (χ2v) is 4.41. The summed E-state index contributed by atoms with van der Waals surface area (Å²) in [7, 11) is 2.70. The van der Waals surface area contributed by atoms with Crippen LogP contribution in [0.4, 0.5) is 0 Å². The van der Waals surface area contributed by atoms with Crippen LogP contribution in [0.3, 0.4) is 0 Å². The maximum atomic E-state index is 11.6. The van der Waals surface area contributed by atoms with Crippen molar-refractivity contribution in [3.05, 3.63) is 41.3 Å². The molecule has 0 unspecified atom stereocenters. The number of aryl methyl sites for hydroxylation is 1. The zero-order valence-corrected chi connectivity index (χ0v) is 12.3. The Morgan fingerprint density at radius 1 is 1.29 bits per heavy atom. The molecule has 0 saturated carbocycles. The van der Waals surface area contributed by atoms with Crippen molar-refractivity contribution in [2.24, 2.45) is 0 Å². The van der Waals surface area contributed by atoms with E-state index in [4.69, 9.17) is 18.9 Å². The molecule has 0 aliphatic carbocycles. The molecule has 1 heterocycles. The van der Waals surface area contributed by atoms with Gasteiger partial charge in [-0.1, -0.05) is 12.1 Å². The number of benzene rings is 1. The number of ether oxygens (including phenoxy) is 5. The first kappa shape index (κ1) is 15.3. The van der Waals surface area contributed by atoms with Crippen LogP contribution in [0.25, 0.3) is 0 Å². The Hall–Kier alpha value is -2.05. The molecule has 6 heteroatoms. The van der Waals surface area contributed by atoms with Crippen molar-refractivity contribution in [3.63, 3.8) is 0 Å². The lowest BCUT2D eigenvalue weighted by atomic mass is 10.1. The summed E-state index contributed by atoms with van der Waals surface area (Å²) < 4.78 is 26.0. The van der Waals surface area contributed by atoms with Gasteiger partial charge < -0.3 is 23.7 Å². The van der Waals surface area contributed by atoms with E-state index in [1.807, 2.05) is 19.1 Å². The Labute approximate surface area is 123 Å². The first-order valence-corrected chi connectivity index (χ1v) is 6.48. The third-order valence-corrected chi connectivity index (χ3v) is 2.94. The molecular formula is C15H18O6. The zero-order valence-electron chi connectivity index (χ0n) is 12.3. The third-order valence-electron chi connectivity index (χ3n) is 2.94. The average molecular weight is 294 g/mol. The molecule has 1 aliphatic rings.